The van der Waals surface area contributed by atoms with E-state index in [9.17, 15) is 13.5 Å². The minimum atomic E-state index is -3.62. The van der Waals surface area contributed by atoms with E-state index in [1.165, 1.54) is 7.11 Å². The number of rotatable bonds is 7. The number of benzene rings is 1. The molecule has 2 aliphatic heterocycles. The molecular weight excluding hydrogens is 420 g/mol. The number of hydrogen-bond acceptors (Lipinski definition) is 7. The van der Waals surface area contributed by atoms with Crippen molar-refractivity contribution in [2.45, 2.75) is 94.8 Å². The van der Waals surface area contributed by atoms with Crippen molar-refractivity contribution in [3.8, 4) is 0 Å². The van der Waals surface area contributed by atoms with Crippen LogP contribution in [0.2, 0.25) is 0 Å². The maximum Gasteiger partial charge on any atom is 0.200 e. The first kappa shape index (κ1) is 24.6. The van der Waals surface area contributed by atoms with Gasteiger partial charge in [0, 0.05) is 18.9 Å². The van der Waals surface area contributed by atoms with Crippen LogP contribution in [0, 0.1) is 5.41 Å². The van der Waals surface area contributed by atoms with E-state index in [-0.39, 0.29) is 29.0 Å². The van der Waals surface area contributed by atoms with Gasteiger partial charge in [-0.25, -0.2) is 8.42 Å². The summed E-state index contributed by atoms with van der Waals surface area (Å²) in [5, 5.41) is 10.9. The van der Waals surface area contributed by atoms with E-state index in [1.807, 2.05) is 20.8 Å². The third-order valence-corrected chi connectivity index (χ3v) is 8.46. The van der Waals surface area contributed by atoms with Gasteiger partial charge in [-0.2, -0.15) is 0 Å². The van der Waals surface area contributed by atoms with Crippen molar-refractivity contribution >= 4 is 9.84 Å². The van der Waals surface area contributed by atoms with Crippen LogP contribution in [-0.4, -0.2) is 62.4 Å². The number of sulfone groups is 1. The van der Waals surface area contributed by atoms with Gasteiger partial charge < -0.3 is 24.1 Å². The van der Waals surface area contributed by atoms with Gasteiger partial charge >= 0.3 is 0 Å². The van der Waals surface area contributed by atoms with E-state index < -0.39 is 32.9 Å². The Morgan fingerprint density at radius 1 is 1.13 bits per heavy atom. The average Bonchev–Trinajstić information content (AvgIpc) is 2.94. The number of hydrogen-bond donors (Lipinski definition) is 1. The fourth-order valence-corrected chi connectivity index (χ4v) is 6.84. The number of aliphatic hydroxyl groups excluding tert-OH is 1. The van der Waals surface area contributed by atoms with Gasteiger partial charge in [0.25, 0.3) is 0 Å². The summed E-state index contributed by atoms with van der Waals surface area (Å²) >= 11 is 0. The molecule has 1 N–H and O–H groups in total. The quantitative estimate of drug-likeness (QED) is 0.673. The van der Waals surface area contributed by atoms with Gasteiger partial charge in [-0.1, -0.05) is 32.0 Å². The molecule has 176 valence electrons. The molecule has 3 rings (SSSR count). The van der Waals surface area contributed by atoms with Crippen molar-refractivity contribution in [2.24, 2.45) is 5.41 Å². The third kappa shape index (κ3) is 4.99. The maximum absolute atomic E-state index is 13.1. The van der Waals surface area contributed by atoms with Crippen LogP contribution < -0.4 is 0 Å². The molecule has 8 heteroatoms. The average molecular weight is 457 g/mol. The largest absolute Gasteiger partial charge is 0.387 e. The molecule has 2 aliphatic rings. The van der Waals surface area contributed by atoms with Crippen molar-refractivity contribution in [2.75, 3.05) is 12.9 Å². The Bertz CT molecular complexity index is 852. The number of aliphatic hydroxyl groups is 1. The predicted molar refractivity (Wildman–Crippen MR) is 116 cm³/mol. The molecule has 0 saturated carbocycles. The molecule has 0 bridgehead atoms. The molecule has 0 amide bonds. The highest BCUT2D eigenvalue weighted by Crippen LogP contribution is 2.46. The summed E-state index contributed by atoms with van der Waals surface area (Å²) in [6.45, 7) is 9.27. The SMILES string of the molecule is CO[C@@]1(C(C)(C)CS(=O)(=O)c2ccccc2)O[C@H](C[C@H]2OC(C)(C)O[C@@H]2C)CCC1O. The zero-order valence-electron chi connectivity index (χ0n) is 19.3. The molecule has 2 heterocycles. The molecule has 0 aromatic heterocycles. The molecule has 0 radical (unpaired) electrons. The number of ether oxygens (including phenoxy) is 4. The van der Waals surface area contributed by atoms with E-state index in [2.05, 4.69) is 0 Å². The highest BCUT2D eigenvalue weighted by molar-refractivity contribution is 7.91. The Hall–Kier alpha value is -1.03. The predicted octanol–water partition coefficient (Wildman–Crippen LogP) is 3.30. The lowest BCUT2D eigenvalue weighted by atomic mass is 9.77. The van der Waals surface area contributed by atoms with Crippen molar-refractivity contribution in [3.05, 3.63) is 30.3 Å². The lowest BCUT2D eigenvalue weighted by molar-refractivity contribution is -0.354. The van der Waals surface area contributed by atoms with E-state index in [1.54, 1.807) is 44.2 Å². The smallest absolute Gasteiger partial charge is 0.200 e. The monoisotopic (exact) mass is 456 g/mol. The lowest BCUT2D eigenvalue weighted by Gasteiger charge is -2.52. The summed E-state index contributed by atoms with van der Waals surface area (Å²) in [6, 6.07) is 8.32. The minimum absolute atomic E-state index is 0.0890. The van der Waals surface area contributed by atoms with Gasteiger partial charge in [-0.05, 0) is 45.7 Å². The first-order valence-corrected chi connectivity index (χ1v) is 12.5. The van der Waals surface area contributed by atoms with Gasteiger partial charge in [-0.15, -0.1) is 0 Å². The summed E-state index contributed by atoms with van der Waals surface area (Å²) in [4.78, 5) is 0.240. The zero-order chi connectivity index (χ0) is 23.1. The summed E-state index contributed by atoms with van der Waals surface area (Å²) in [5.41, 5.74) is -1.02. The molecule has 2 fully saturated rings. The zero-order valence-corrected chi connectivity index (χ0v) is 20.1. The standard InChI is InChI=1S/C23H36O7S/c1-16-19(30-22(4,5)28-16)14-17-12-13-20(24)23(27-6,29-17)21(2,3)15-31(25,26)18-10-8-7-9-11-18/h7-11,16-17,19-20,24H,12-15H2,1-6H3/t16-,17+,19-,20?,23-/m1/s1. The van der Waals surface area contributed by atoms with Gasteiger partial charge in [-0.3, -0.25) is 0 Å². The second-order valence-corrected chi connectivity index (χ2v) is 11.8. The molecule has 31 heavy (non-hydrogen) atoms. The minimum Gasteiger partial charge on any atom is -0.387 e. The summed E-state index contributed by atoms with van der Waals surface area (Å²) in [5.74, 6) is -2.34. The van der Waals surface area contributed by atoms with Gasteiger partial charge in [0.1, 0.15) is 6.10 Å². The Balaban J connectivity index is 1.82. The fraction of sp³-hybridized carbons (Fsp3) is 0.739. The molecular formula is C23H36O7S. The molecule has 1 aromatic rings. The lowest BCUT2D eigenvalue weighted by Crippen LogP contribution is -2.63. The summed E-state index contributed by atoms with van der Waals surface area (Å²) in [6.07, 6.45) is 0.190. The van der Waals surface area contributed by atoms with Crippen LogP contribution in [0.1, 0.15) is 53.9 Å². The van der Waals surface area contributed by atoms with Crippen LogP contribution in [-0.2, 0) is 28.8 Å². The topological polar surface area (TPSA) is 91.3 Å². The van der Waals surface area contributed by atoms with Crippen LogP contribution in [0.25, 0.3) is 0 Å². The first-order valence-electron chi connectivity index (χ1n) is 10.9. The second kappa shape index (κ2) is 8.72. The van der Waals surface area contributed by atoms with Crippen molar-refractivity contribution < 1.29 is 32.5 Å². The Kier molecular flexibility index (Phi) is 6.93. The van der Waals surface area contributed by atoms with E-state index >= 15 is 0 Å². The van der Waals surface area contributed by atoms with Crippen molar-refractivity contribution in [1.82, 2.24) is 0 Å². The Morgan fingerprint density at radius 2 is 1.77 bits per heavy atom. The maximum atomic E-state index is 13.1. The highest BCUT2D eigenvalue weighted by Gasteiger charge is 2.57. The molecule has 1 unspecified atom stereocenters. The molecule has 2 saturated heterocycles. The van der Waals surface area contributed by atoms with Crippen molar-refractivity contribution in [1.29, 1.82) is 0 Å². The van der Waals surface area contributed by atoms with Crippen molar-refractivity contribution in [3.63, 3.8) is 0 Å². The highest BCUT2D eigenvalue weighted by atomic mass is 32.2. The normalized spacial score (nSPS) is 34.0. The van der Waals surface area contributed by atoms with Crippen LogP contribution in [0.4, 0.5) is 0 Å². The van der Waals surface area contributed by atoms with Crippen LogP contribution in [0.5, 0.6) is 0 Å². The third-order valence-electron chi connectivity index (χ3n) is 6.37. The van der Waals surface area contributed by atoms with E-state index in [0.29, 0.717) is 19.3 Å². The van der Waals surface area contributed by atoms with E-state index in [0.717, 1.165) is 0 Å². The fourth-order valence-electron chi connectivity index (χ4n) is 4.95. The van der Waals surface area contributed by atoms with Gasteiger partial charge in [0.2, 0.25) is 5.79 Å². The Labute approximate surface area is 185 Å². The molecule has 0 aliphatic carbocycles. The molecule has 1 aromatic carbocycles. The van der Waals surface area contributed by atoms with Crippen LogP contribution in [0.15, 0.2) is 35.2 Å². The summed E-state index contributed by atoms with van der Waals surface area (Å²) < 4.78 is 50.2. The number of methoxy groups -OCH3 is 1. The molecule has 5 atom stereocenters. The van der Waals surface area contributed by atoms with E-state index in [4.69, 9.17) is 18.9 Å². The van der Waals surface area contributed by atoms with Gasteiger partial charge in [0.15, 0.2) is 15.6 Å². The Morgan fingerprint density at radius 3 is 2.32 bits per heavy atom. The van der Waals surface area contributed by atoms with Gasteiger partial charge in [0.05, 0.1) is 29.0 Å². The van der Waals surface area contributed by atoms with Crippen LogP contribution in [0.3, 0.4) is 0 Å². The summed E-state index contributed by atoms with van der Waals surface area (Å²) in [7, 11) is -2.16. The molecule has 7 nitrogen and oxygen atoms in total. The first-order chi connectivity index (χ1) is 14.3. The second-order valence-electron chi connectivity index (χ2n) is 9.78. The van der Waals surface area contributed by atoms with Crippen LogP contribution >= 0.6 is 0 Å². The molecule has 0 spiro atoms.